The molecule has 2 rings (SSSR count). The number of para-hydroxylation sites is 3. The van der Waals surface area contributed by atoms with Crippen LogP contribution in [-0.2, 0) is 0 Å². The van der Waals surface area contributed by atoms with Crippen LogP contribution in [0.5, 0.6) is 0 Å². The van der Waals surface area contributed by atoms with Crippen molar-refractivity contribution in [3.63, 3.8) is 0 Å². The summed E-state index contributed by atoms with van der Waals surface area (Å²) in [4.78, 5) is 12.5. The largest absolute Gasteiger partial charge is 0.397 e. The molecule has 0 aliphatic carbocycles. The number of hydrogen-bond donors (Lipinski definition) is 3. The number of benzene rings is 2. The predicted octanol–water partition coefficient (Wildman–Crippen LogP) is 3.98. The third kappa shape index (κ3) is 4.25. The van der Waals surface area contributed by atoms with Crippen LogP contribution in [0.4, 0.5) is 17.1 Å². The van der Waals surface area contributed by atoms with Crippen molar-refractivity contribution in [2.75, 3.05) is 22.9 Å². The molecule has 22 heavy (non-hydrogen) atoms. The van der Waals surface area contributed by atoms with Crippen LogP contribution in [-0.4, -0.2) is 12.5 Å². The molecule has 0 bridgehead atoms. The van der Waals surface area contributed by atoms with E-state index >= 15 is 0 Å². The molecule has 0 heterocycles. The zero-order chi connectivity index (χ0) is 15.9. The lowest BCUT2D eigenvalue weighted by Crippen LogP contribution is -2.16. The smallest absolute Gasteiger partial charge is 0.257 e. The van der Waals surface area contributed by atoms with Gasteiger partial charge in [0.2, 0.25) is 0 Å². The van der Waals surface area contributed by atoms with E-state index in [1.165, 1.54) is 0 Å². The summed E-state index contributed by atoms with van der Waals surface area (Å²) < 4.78 is 0. The van der Waals surface area contributed by atoms with Crippen LogP contribution in [0.2, 0.25) is 0 Å². The van der Waals surface area contributed by atoms with E-state index < -0.39 is 0 Å². The number of anilines is 3. The molecule has 4 nitrogen and oxygen atoms in total. The van der Waals surface area contributed by atoms with Gasteiger partial charge in [-0.2, -0.15) is 0 Å². The standard InChI is InChI=1S/C18H23N3O/c1-13(2)11-12-20-16-9-5-3-7-14(16)18(22)21-17-10-6-4-8-15(17)19/h3-10,13,20H,11-12,19H2,1-2H3,(H,21,22). The second-order valence-corrected chi connectivity index (χ2v) is 5.70. The fourth-order valence-electron chi connectivity index (χ4n) is 2.13. The van der Waals surface area contributed by atoms with Gasteiger partial charge in [0.15, 0.2) is 0 Å². The first-order valence-electron chi connectivity index (χ1n) is 7.56. The maximum Gasteiger partial charge on any atom is 0.257 e. The first-order valence-corrected chi connectivity index (χ1v) is 7.56. The first kappa shape index (κ1) is 15.9. The van der Waals surface area contributed by atoms with Gasteiger partial charge in [0.25, 0.3) is 5.91 Å². The van der Waals surface area contributed by atoms with Gasteiger partial charge >= 0.3 is 0 Å². The van der Waals surface area contributed by atoms with Gasteiger partial charge in [-0.25, -0.2) is 0 Å². The third-order valence-corrected chi connectivity index (χ3v) is 3.42. The number of carbonyl (C=O) groups is 1. The van der Waals surface area contributed by atoms with Gasteiger partial charge in [0, 0.05) is 12.2 Å². The van der Waals surface area contributed by atoms with Crippen molar-refractivity contribution >= 4 is 23.0 Å². The van der Waals surface area contributed by atoms with Crippen molar-refractivity contribution in [1.82, 2.24) is 0 Å². The first-order chi connectivity index (χ1) is 10.6. The van der Waals surface area contributed by atoms with Crippen LogP contribution >= 0.6 is 0 Å². The summed E-state index contributed by atoms with van der Waals surface area (Å²) in [5, 5.41) is 6.20. The lowest BCUT2D eigenvalue weighted by molar-refractivity contribution is 0.102. The molecule has 2 aromatic rings. The fourth-order valence-corrected chi connectivity index (χ4v) is 2.13. The van der Waals surface area contributed by atoms with Gasteiger partial charge in [-0.05, 0) is 36.6 Å². The predicted molar refractivity (Wildman–Crippen MR) is 93.2 cm³/mol. The van der Waals surface area contributed by atoms with Crippen molar-refractivity contribution in [3.8, 4) is 0 Å². The van der Waals surface area contributed by atoms with Crippen molar-refractivity contribution in [2.45, 2.75) is 20.3 Å². The second kappa shape index (κ2) is 7.50. The van der Waals surface area contributed by atoms with Crippen LogP contribution in [0, 0.1) is 5.92 Å². The quantitative estimate of drug-likeness (QED) is 0.706. The average Bonchev–Trinajstić information content (AvgIpc) is 2.49. The molecule has 0 atom stereocenters. The Labute approximate surface area is 131 Å². The minimum atomic E-state index is -0.162. The Morgan fingerprint density at radius 1 is 1.05 bits per heavy atom. The summed E-state index contributed by atoms with van der Waals surface area (Å²) in [6, 6.07) is 14.8. The Hall–Kier alpha value is -2.49. The Morgan fingerprint density at radius 3 is 2.36 bits per heavy atom. The SMILES string of the molecule is CC(C)CCNc1ccccc1C(=O)Nc1ccccc1N. The molecule has 0 unspecified atom stereocenters. The highest BCUT2D eigenvalue weighted by Gasteiger charge is 2.12. The molecular formula is C18H23N3O. The van der Waals surface area contributed by atoms with E-state index in [0.29, 0.717) is 22.9 Å². The van der Waals surface area contributed by atoms with Crippen molar-refractivity contribution in [1.29, 1.82) is 0 Å². The summed E-state index contributed by atoms with van der Waals surface area (Å²) in [5.74, 6) is 0.461. The van der Waals surface area contributed by atoms with E-state index in [1.54, 1.807) is 12.1 Å². The van der Waals surface area contributed by atoms with E-state index in [4.69, 9.17) is 5.73 Å². The maximum absolute atomic E-state index is 12.5. The number of amides is 1. The number of hydrogen-bond acceptors (Lipinski definition) is 3. The minimum absolute atomic E-state index is 0.162. The van der Waals surface area contributed by atoms with Gasteiger partial charge in [-0.1, -0.05) is 38.1 Å². The maximum atomic E-state index is 12.5. The van der Waals surface area contributed by atoms with E-state index in [0.717, 1.165) is 18.7 Å². The van der Waals surface area contributed by atoms with Crippen LogP contribution in [0.1, 0.15) is 30.6 Å². The molecular weight excluding hydrogens is 274 g/mol. The summed E-state index contributed by atoms with van der Waals surface area (Å²) in [5.41, 5.74) is 8.52. The molecule has 2 aromatic carbocycles. The molecule has 1 amide bonds. The van der Waals surface area contributed by atoms with Gasteiger partial charge in [0.1, 0.15) is 0 Å². The van der Waals surface area contributed by atoms with Crippen LogP contribution in [0.25, 0.3) is 0 Å². The van der Waals surface area contributed by atoms with Gasteiger partial charge in [-0.3, -0.25) is 4.79 Å². The Bertz CT molecular complexity index is 638. The summed E-state index contributed by atoms with van der Waals surface area (Å²) in [6.45, 7) is 5.20. The molecule has 4 N–H and O–H groups in total. The molecule has 0 radical (unpaired) electrons. The van der Waals surface area contributed by atoms with Crippen molar-refractivity contribution in [3.05, 3.63) is 54.1 Å². The average molecular weight is 297 g/mol. The summed E-state index contributed by atoms with van der Waals surface area (Å²) in [6.07, 6.45) is 1.06. The minimum Gasteiger partial charge on any atom is -0.397 e. The summed E-state index contributed by atoms with van der Waals surface area (Å²) >= 11 is 0. The van der Waals surface area contributed by atoms with Crippen LogP contribution in [0.3, 0.4) is 0 Å². The molecule has 116 valence electrons. The van der Waals surface area contributed by atoms with Crippen molar-refractivity contribution < 1.29 is 4.79 Å². The highest BCUT2D eigenvalue weighted by atomic mass is 16.1. The lowest BCUT2D eigenvalue weighted by atomic mass is 10.1. The summed E-state index contributed by atoms with van der Waals surface area (Å²) in [7, 11) is 0. The number of carbonyl (C=O) groups excluding carboxylic acids is 1. The van der Waals surface area contributed by atoms with E-state index in [-0.39, 0.29) is 5.91 Å². The highest BCUT2D eigenvalue weighted by Crippen LogP contribution is 2.21. The third-order valence-electron chi connectivity index (χ3n) is 3.42. The van der Waals surface area contributed by atoms with Gasteiger partial charge in [0.05, 0.1) is 16.9 Å². The molecule has 0 aliphatic heterocycles. The number of nitrogen functional groups attached to an aromatic ring is 1. The molecule has 0 saturated carbocycles. The van der Waals surface area contributed by atoms with Crippen LogP contribution in [0.15, 0.2) is 48.5 Å². The monoisotopic (exact) mass is 297 g/mol. The molecule has 0 aliphatic rings. The topological polar surface area (TPSA) is 67.2 Å². The Morgan fingerprint density at radius 2 is 1.68 bits per heavy atom. The lowest BCUT2D eigenvalue weighted by Gasteiger charge is -2.13. The molecule has 0 aromatic heterocycles. The molecule has 4 heteroatoms. The molecule has 0 saturated heterocycles. The number of nitrogens with one attached hydrogen (secondary N) is 2. The van der Waals surface area contributed by atoms with Crippen molar-refractivity contribution in [2.24, 2.45) is 5.92 Å². The number of rotatable bonds is 6. The molecule has 0 fully saturated rings. The fraction of sp³-hybridized carbons (Fsp3) is 0.278. The second-order valence-electron chi connectivity index (χ2n) is 5.70. The van der Waals surface area contributed by atoms with E-state index in [1.807, 2.05) is 36.4 Å². The van der Waals surface area contributed by atoms with Gasteiger partial charge < -0.3 is 16.4 Å². The number of nitrogens with two attached hydrogens (primary N) is 1. The Balaban J connectivity index is 2.11. The zero-order valence-electron chi connectivity index (χ0n) is 13.1. The molecule has 0 spiro atoms. The van der Waals surface area contributed by atoms with Gasteiger partial charge in [-0.15, -0.1) is 0 Å². The normalized spacial score (nSPS) is 10.5. The highest BCUT2D eigenvalue weighted by molar-refractivity contribution is 6.09. The van der Waals surface area contributed by atoms with Crippen LogP contribution < -0.4 is 16.4 Å². The Kier molecular flexibility index (Phi) is 5.42. The zero-order valence-corrected chi connectivity index (χ0v) is 13.1. The van der Waals surface area contributed by atoms with E-state index in [2.05, 4.69) is 24.5 Å². The van der Waals surface area contributed by atoms with E-state index in [9.17, 15) is 4.79 Å².